The molecule has 1 aliphatic rings. The summed E-state index contributed by atoms with van der Waals surface area (Å²) in [5.41, 5.74) is 5.28. The summed E-state index contributed by atoms with van der Waals surface area (Å²) in [5, 5.41) is 0. The molecule has 0 unspecified atom stereocenters. The fourth-order valence-electron chi connectivity index (χ4n) is 3.97. The van der Waals surface area contributed by atoms with Crippen LogP contribution in [0.2, 0.25) is 0 Å². The second-order valence-corrected chi connectivity index (χ2v) is 7.03. The van der Waals surface area contributed by atoms with Gasteiger partial charge in [0.1, 0.15) is 6.20 Å². The second kappa shape index (κ2) is 8.68. The van der Waals surface area contributed by atoms with E-state index in [4.69, 9.17) is 0 Å². The lowest BCUT2D eigenvalue weighted by atomic mass is 10.0. The summed E-state index contributed by atoms with van der Waals surface area (Å²) < 4.78 is 5.06. The molecule has 1 aromatic heterocycles. The first kappa shape index (κ1) is 18.9. The Morgan fingerprint density at radius 3 is 2.27 bits per heavy atom. The number of halogens is 1. The third kappa shape index (κ3) is 3.78. The fourth-order valence-corrected chi connectivity index (χ4v) is 3.97. The highest BCUT2D eigenvalue weighted by atomic mass is 79.9. The number of imidazole rings is 1. The number of hydrogen-bond donors (Lipinski definition) is 0. The maximum atomic E-state index is 2.57. The zero-order valence-electron chi connectivity index (χ0n) is 15.5. The van der Waals surface area contributed by atoms with Crippen molar-refractivity contribution in [3.8, 4) is 22.4 Å². The van der Waals surface area contributed by atoms with E-state index in [0.717, 1.165) is 13.1 Å². The maximum absolute atomic E-state index is 2.57. The molecule has 4 rings (SSSR count). The molecule has 2 heterocycles. The van der Waals surface area contributed by atoms with Crippen molar-refractivity contribution < 1.29 is 21.5 Å². The molecule has 0 radical (unpaired) electrons. The number of fused-ring (bicyclic) bond motifs is 1. The van der Waals surface area contributed by atoms with E-state index in [0.29, 0.717) is 0 Å². The van der Waals surface area contributed by atoms with Gasteiger partial charge in [0.15, 0.2) is 5.69 Å². The molecule has 3 heteroatoms. The van der Waals surface area contributed by atoms with Crippen molar-refractivity contribution in [3.05, 3.63) is 66.6 Å². The van der Waals surface area contributed by atoms with Crippen LogP contribution in [0.3, 0.4) is 0 Å². The van der Waals surface area contributed by atoms with E-state index >= 15 is 0 Å². The van der Waals surface area contributed by atoms with Crippen LogP contribution in [0.4, 0.5) is 0 Å². The number of benzene rings is 2. The van der Waals surface area contributed by atoms with Gasteiger partial charge in [-0.3, -0.25) is 0 Å². The van der Waals surface area contributed by atoms with Crippen molar-refractivity contribution in [2.75, 3.05) is 0 Å². The second-order valence-electron chi connectivity index (χ2n) is 7.03. The van der Waals surface area contributed by atoms with Crippen LogP contribution in [0.15, 0.2) is 60.8 Å². The number of aryl methyl sites for hydroxylation is 1. The monoisotopic (exact) mass is 410 g/mol. The molecule has 2 aromatic carbocycles. The summed E-state index contributed by atoms with van der Waals surface area (Å²) in [4.78, 5) is 0. The average Bonchev–Trinajstić information content (AvgIpc) is 2.84. The molecular formula is C23H27BrN2. The topological polar surface area (TPSA) is 8.81 Å². The van der Waals surface area contributed by atoms with Gasteiger partial charge in [0.25, 0.3) is 5.82 Å². The molecular weight excluding hydrogens is 384 g/mol. The van der Waals surface area contributed by atoms with E-state index in [-0.39, 0.29) is 17.0 Å². The van der Waals surface area contributed by atoms with Gasteiger partial charge in [-0.25, -0.2) is 9.13 Å². The first-order valence-corrected chi connectivity index (χ1v) is 9.64. The average molecular weight is 411 g/mol. The van der Waals surface area contributed by atoms with E-state index in [9.17, 15) is 0 Å². The minimum atomic E-state index is 0. The highest BCUT2D eigenvalue weighted by Crippen LogP contribution is 2.27. The van der Waals surface area contributed by atoms with Crippen LogP contribution in [-0.2, 0) is 19.5 Å². The van der Waals surface area contributed by atoms with Crippen LogP contribution in [0.1, 0.15) is 38.4 Å². The van der Waals surface area contributed by atoms with Gasteiger partial charge in [0.05, 0.1) is 13.1 Å². The van der Waals surface area contributed by atoms with Gasteiger partial charge in [-0.2, -0.15) is 0 Å². The maximum Gasteiger partial charge on any atom is 0.256 e. The van der Waals surface area contributed by atoms with Gasteiger partial charge in [0.2, 0.25) is 0 Å². The van der Waals surface area contributed by atoms with Gasteiger partial charge in [-0.15, -0.1) is 0 Å². The van der Waals surface area contributed by atoms with Gasteiger partial charge >= 0.3 is 0 Å². The number of rotatable bonds is 4. The Balaban J connectivity index is 0.00000196. The van der Waals surface area contributed by atoms with E-state index in [1.165, 1.54) is 60.3 Å². The highest BCUT2D eigenvalue weighted by Gasteiger charge is 2.25. The van der Waals surface area contributed by atoms with Crippen LogP contribution >= 0.6 is 0 Å². The van der Waals surface area contributed by atoms with Crippen molar-refractivity contribution in [2.24, 2.45) is 0 Å². The van der Waals surface area contributed by atoms with Crippen molar-refractivity contribution in [1.82, 2.24) is 4.57 Å². The summed E-state index contributed by atoms with van der Waals surface area (Å²) in [6.07, 6.45) is 8.74. The summed E-state index contributed by atoms with van der Waals surface area (Å²) in [6.45, 7) is 4.54. The van der Waals surface area contributed by atoms with E-state index < -0.39 is 0 Å². The number of nitrogens with zero attached hydrogens (tertiary/aromatic N) is 2. The van der Waals surface area contributed by atoms with Crippen LogP contribution < -0.4 is 21.5 Å². The highest BCUT2D eigenvalue weighted by molar-refractivity contribution is 5.68. The molecule has 0 fully saturated rings. The lowest BCUT2D eigenvalue weighted by Gasteiger charge is -2.05. The Labute approximate surface area is 167 Å². The first-order valence-electron chi connectivity index (χ1n) is 9.64. The smallest absolute Gasteiger partial charge is 0.256 e. The third-order valence-corrected chi connectivity index (χ3v) is 5.25. The van der Waals surface area contributed by atoms with Crippen LogP contribution in [0.5, 0.6) is 0 Å². The number of aromatic nitrogens is 2. The van der Waals surface area contributed by atoms with Gasteiger partial charge in [-0.05, 0) is 48.9 Å². The first-order chi connectivity index (χ1) is 12.4. The van der Waals surface area contributed by atoms with E-state index in [1.807, 2.05) is 0 Å². The zero-order valence-corrected chi connectivity index (χ0v) is 17.1. The van der Waals surface area contributed by atoms with Gasteiger partial charge in [0, 0.05) is 12.0 Å². The van der Waals surface area contributed by atoms with Crippen molar-refractivity contribution in [1.29, 1.82) is 0 Å². The quantitative estimate of drug-likeness (QED) is 0.583. The molecule has 0 bridgehead atoms. The van der Waals surface area contributed by atoms with E-state index in [1.54, 1.807) is 0 Å². The molecule has 136 valence electrons. The normalized spacial score (nSPS) is 13.6. The standard InChI is InChI=1S/C23H27N2.BrH/c1-2-16-24-18-22(25-17-8-4-7-11-23(24)25)21-14-12-20(13-15-21)19-9-5-3-6-10-19;/h3,5-6,9-10,12-15,18H,2,4,7-8,11,16-17H2,1H3;1H/q+1;/p-1. The van der Waals surface area contributed by atoms with Crippen LogP contribution in [0.25, 0.3) is 22.4 Å². The summed E-state index contributed by atoms with van der Waals surface area (Å²) >= 11 is 0. The van der Waals surface area contributed by atoms with Crippen LogP contribution in [0, 0.1) is 0 Å². The minimum Gasteiger partial charge on any atom is -1.00 e. The Morgan fingerprint density at radius 1 is 0.846 bits per heavy atom. The molecule has 0 spiro atoms. The summed E-state index contributed by atoms with van der Waals surface area (Å²) in [5.74, 6) is 1.52. The number of hydrogen-bond acceptors (Lipinski definition) is 0. The van der Waals surface area contributed by atoms with Crippen molar-refractivity contribution >= 4 is 0 Å². The lowest BCUT2D eigenvalue weighted by molar-refractivity contribution is -0.703. The Kier molecular flexibility index (Phi) is 6.31. The molecule has 0 amide bonds. The Morgan fingerprint density at radius 2 is 1.54 bits per heavy atom. The van der Waals surface area contributed by atoms with Crippen molar-refractivity contribution in [2.45, 2.75) is 52.1 Å². The SMILES string of the molecule is CCC[n+]1cc(-c2ccc(-c3ccccc3)cc2)n2c1CCCCC2.[Br-]. The predicted molar refractivity (Wildman–Crippen MR) is 103 cm³/mol. The van der Waals surface area contributed by atoms with E-state index in [2.05, 4.69) is 76.9 Å². The molecule has 1 aliphatic heterocycles. The molecule has 0 saturated heterocycles. The largest absolute Gasteiger partial charge is 1.00 e. The molecule has 0 aliphatic carbocycles. The fraction of sp³-hybridized carbons (Fsp3) is 0.348. The molecule has 0 atom stereocenters. The summed E-state index contributed by atoms with van der Waals surface area (Å²) in [7, 11) is 0. The van der Waals surface area contributed by atoms with Gasteiger partial charge in [-0.1, -0.05) is 49.4 Å². The molecule has 26 heavy (non-hydrogen) atoms. The molecule has 0 N–H and O–H groups in total. The summed E-state index contributed by atoms with van der Waals surface area (Å²) in [6, 6.07) is 19.7. The Bertz CT molecular complexity index is 835. The zero-order chi connectivity index (χ0) is 17.1. The molecule has 2 nitrogen and oxygen atoms in total. The van der Waals surface area contributed by atoms with Gasteiger partial charge < -0.3 is 17.0 Å². The minimum absolute atomic E-state index is 0. The lowest BCUT2D eigenvalue weighted by Crippen LogP contribution is -3.00. The van der Waals surface area contributed by atoms with Crippen molar-refractivity contribution in [3.63, 3.8) is 0 Å². The molecule has 3 aromatic rings. The predicted octanol–water partition coefficient (Wildman–Crippen LogP) is 2.25. The molecule has 0 saturated carbocycles. The van der Waals surface area contributed by atoms with Crippen LogP contribution in [-0.4, -0.2) is 4.57 Å². The Hall–Kier alpha value is -1.87. The third-order valence-electron chi connectivity index (χ3n) is 5.25.